The van der Waals surface area contributed by atoms with Crippen molar-refractivity contribution < 1.29 is 13.8 Å². The van der Waals surface area contributed by atoms with E-state index in [1.165, 1.54) is 43.4 Å². The molecule has 2 aliphatic rings. The summed E-state index contributed by atoms with van der Waals surface area (Å²) >= 11 is 1.70. The number of thioether (sulfide) groups is 1. The van der Waals surface area contributed by atoms with Crippen molar-refractivity contribution in [3.8, 4) is 0 Å². The van der Waals surface area contributed by atoms with Gasteiger partial charge in [-0.3, -0.25) is 23.6 Å². The molecule has 2 heterocycles. The molecule has 0 radical (unpaired) electrons. The Balaban J connectivity index is 0.000000216. The zero-order chi connectivity index (χ0) is 28.6. The second-order valence-electron chi connectivity index (χ2n) is 11.6. The lowest BCUT2D eigenvalue weighted by Crippen LogP contribution is -2.52. The highest BCUT2D eigenvalue weighted by Gasteiger charge is 2.36. The zero-order valence-electron chi connectivity index (χ0n) is 24.6. The molecule has 2 saturated heterocycles. The van der Waals surface area contributed by atoms with Gasteiger partial charge in [-0.2, -0.15) is 0 Å². The molecule has 0 bridgehead atoms. The van der Waals surface area contributed by atoms with Gasteiger partial charge < -0.3 is 0 Å². The van der Waals surface area contributed by atoms with E-state index in [0.29, 0.717) is 5.56 Å². The summed E-state index contributed by atoms with van der Waals surface area (Å²) in [7, 11) is -0.998. The van der Waals surface area contributed by atoms with Crippen LogP contribution in [0.3, 0.4) is 0 Å². The normalized spacial score (nSPS) is 18.1. The lowest BCUT2D eigenvalue weighted by molar-refractivity contribution is 0.0576. The summed E-state index contributed by atoms with van der Waals surface area (Å²) in [5.41, 5.74) is 0.678. The van der Waals surface area contributed by atoms with E-state index >= 15 is 0 Å². The number of carbonyl (C=O) groups is 2. The van der Waals surface area contributed by atoms with Crippen LogP contribution in [-0.4, -0.2) is 75.3 Å². The van der Waals surface area contributed by atoms with E-state index < -0.39 is 16.3 Å². The Morgan fingerprint density at radius 3 is 1.36 bits per heavy atom. The summed E-state index contributed by atoms with van der Waals surface area (Å²) < 4.78 is 11.4. The fourth-order valence-electron chi connectivity index (χ4n) is 5.44. The van der Waals surface area contributed by atoms with Gasteiger partial charge in [-0.1, -0.05) is 37.1 Å². The predicted molar refractivity (Wildman–Crippen MR) is 165 cm³/mol. The molecule has 0 aromatic heterocycles. The molecule has 0 amide bonds. The van der Waals surface area contributed by atoms with E-state index in [1.807, 2.05) is 38.1 Å². The molecule has 2 fully saturated rings. The second kappa shape index (κ2) is 14.2. The van der Waals surface area contributed by atoms with Crippen LogP contribution < -0.4 is 0 Å². The summed E-state index contributed by atoms with van der Waals surface area (Å²) in [6.07, 6.45) is 11.0. The van der Waals surface area contributed by atoms with Gasteiger partial charge in [0.2, 0.25) is 0 Å². The van der Waals surface area contributed by atoms with E-state index in [2.05, 4.69) is 29.9 Å². The lowest BCUT2D eigenvalue weighted by Gasteiger charge is -2.39. The standard InChI is InChI=1S/C16H23NO2S.C16H23NOS/c1-16(2,17-11-5-4-6-12-17)15(18)13-7-9-14(10-8-13)20(3)19;1-16(2,17-11-5-4-6-12-17)15(18)13-7-9-14(19-3)10-8-13/h7-10H,4-6,11-12H2,1-3H3;7-10H,4-6,11-12H2,1-3H3. The van der Waals surface area contributed by atoms with Crippen LogP contribution >= 0.6 is 11.8 Å². The average Bonchev–Trinajstić information content (AvgIpc) is 2.97. The molecule has 0 spiro atoms. The van der Waals surface area contributed by atoms with Gasteiger partial charge in [0, 0.05) is 38.0 Å². The van der Waals surface area contributed by atoms with E-state index in [9.17, 15) is 13.8 Å². The van der Waals surface area contributed by atoms with Gasteiger partial charge in [-0.15, -0.1) is 11.8 Å². The summed E-state index contributed by atoms with van der Waals surface area (Å²) in [5, 5.41) is 0. The molecule has 2 aliphatic heterocycles. The first-order chi connectivity index (χ1) is 18.5. The Morgan fingerprint density at radius 2 is 1.03 bits per heavy atom. The fourth-order valence-corrected chi connectivity index (χ4v) is 6.37. The monoisotopic (exact) mass is 570 g/mol. The Hall–Kier alpha value is -1.80. The topological polar surface area (TPSA) is 57.7 Å². The maximum atomic E-state index is 12.7. The second-order valence-corrected chi connectivity index (χ2v) is 13.8. The van der Waals surface area contributed by atoms with E-state index in [1.54, 1.807) is 42.3 Å². The molecular formula is C32H46N2O3S2. The molecule has 0 N–H and O–H groups in total. The molecule has 0 aliphatic carbocycles. The van der Waals surface area contributed by atoms with Gasteiger partial charge in [0.05, 0.1) is 11.1 Å². The molecule has 1 unspecified atom stereocenters. The Labute approximate surface area is 242 Å². The number of likely N-dealkylation sites (tertiary alicyclic amines) is 2. The number of benzene rings is 2. The fraction of sp³-hybridized carbons (Fsp3) is 0.562. The highest BCUT2D eigenvalue weighted by atomic mass is 32.2. The smallest absolute Gasteiger partial charge is 0.182 e. The van der Waals surface area contributed by atoms with E-state index in [0.717, 1.165) is 36.6 Å². The van der Waals surface area contributed by atoms with Crippen molar-refractivity contribution in [2.45, 2.75) is 87.1 Å². The summed E-state index contributed by atoms with van der Waals surface area (Å²) in [4.78, 5) is 32.0. The minimum atomic E-state index is -0.998. The lowest BCUT2D eigenvalue weighted by atomic mass is 9.89. The minimum Gasteiger partial charge on any atom is -0.292 e. The third kappa shape index (κ3) is 8.12. The average molecular weight is 571 g/mol. The van der Waals surface area contributed by atoms with Crippen LogP contribution in [0.25, 0.3) is 0 Å². The van der Waals surface area contributed by atoms with Crippen LogP contribution in [0.1, 0.15) is 86.9 Å². The van der Waals surface area contributed by atoms with E-state index in [-0.39, 0.29) is 17.1 Å². The molecule has 1 atom stereocenters. The van der Waals surface area contributed by atoms with Crippen LogP contribution in [-0.2, 0) is 10.8 Å². The maximum Gasteiger partial charge on any atom is 0.182 e. The number of carbonyl (C=O) groups excluding carboxylic acids is 2. The zero-order valence-corrected chi connectivity index (χ0v) is 26.3. The highest BCUT2D eigenvalue weighted by Crippen LogP contribution is 2.27. The molecule has 2 aromatic rings. The van der Waals surface area contributed by atoms with Crippen molar-refractivity contribution in [3.05, 3.63) is 59.7 Å². The van der Waals surface area contributed by atoms with Gasteiger partial charge in [0.1, 0.15) is 0 Å². The Kier molecular flexibility index (Phi) is 11.6. The van der Waals surface area contributed by atoms with Gasteiger partial charge in [0.25, 0.3) is 0 Å². The van der Waals surface area contributed by atoms with Crippen molar-refractivity contribution >= 4 is 34.1 Å². The molecule has 5 nitrogen and oxygen atoms in total. The SMILES string of the molecule is CS(=O)c1ccc(C(=O)C(C)(C)N2CCCCC2)cc1.CSc1ccc(C(=O)C(C)(C)N2CCCCC2)cc1. The molecule has 7 heteroatoms. The van der Waals surface area contributed by atoms with E-state index in [4.69, 9.17) is 0 Å². The largest absolute Gasteiger partial charge is 0.292 e. The third-order valence-corrected chi connectivity index (χ3v) is 9.88. The van der Waals surface area contributed by atoms with Crippen LogP contribution in [0.5, 0.6) is 0 Å². The van der Waals surface area contributed by atoms with Crippen molar-refractivity contribution in [1.29, 1.82) is 0 Å². The maximum absolute atomic E-state index is 12.7. The number of rotatable bonds is 8. The number of Topliss-reactive ketones (excluding diaryl/α,β-unsaturated/α-hetero) is 2. The highest BCUT2D eigenvalue weighted by molar-refractivity contribution is 7.98. The van der Waals surface area contributed by atoms with Gasteiger partial charge in [0.15, 0.2) is 11.6 Å². The van der Waals surface area contributed by atoms with Crippen molar-refractivity contribution in [2.24, 2.45) is 0 Å². The first-order valence-electron chi connectivity index (χ1n) is 14.2. The number of nitrogens with zero attached hydrogens (tertiary/aromatic N) is 2. The first-order valence-corrected chi connectivity index (χ1v) is 16.9. The Bertz CT molecular complexity index is 1120. The van der Waals surface area contributed by atoms with Crippen LogP contribution in [0.15, 0.2) is 58.3 Å². The van der Waals surface area contributed by atoms with Crippen molar-refractivity contribution in [1.82, 2.24) is 9.80 Å². The quantitative estimate of drug-likeness (QED) is 0.259. The first kappa shape index (κ1) is 31.7. The third-order valence-electron chi connectivity index (χ3n) is 8.21. The number of piperidine rings is 2. The molecule has 214 valence electrons. The predicted octanol–water partition coefficient (Wildman–Crippen LogP) is 6.73. The Morgan fingerprint density at radius 1 is 0.667 bits per heavy atom. The van der Waals surface area contributed by atoms with Crippen molar-refractivity contribution in [3.63, 3.8) is 0 Å². The van der Waals surface area contributed by atoms with Gasteiger partial charge in [-0.05, 0) is 110 Å². The van der Waals surface area contributed by atoms with Crippen LogP contribution in [0, 0.1) is 0 Å². The molecule has 4 rings (SSSR count). The summed E-state index contributed by atoms with van der Waals surface area (Å²) in [6, 6.07) is 15.1. The minimum absolute atomic E-state index is 0.146. The van der Waals surface area contributed by atoms with Crippen LogP contribution in [0.2, 0.25) is 0 Å². The summed E-state index contributed by atoms with van der Waals surface area (Å²) in [6.45, 7) is 12.2. The number of hydrogen-bond acceptors (Lipinski definition) is 6. The number of hydrogen-bond donors (Lipinski definition) is 0. The number of ketones is 2. The van der Waals surface area contributed by atoms with Crippen LogP contribution in [0.4, 0.5) is 0 Å². The van der Waals surface area contributed by atoms with Gasteiger partial charge >= 0.3 is 0 Å². The summed E-state index contributed by atoms with van der Waals surface area (Å²) in [5.74, 6) is 0.384. The molecular weight excluding hydrogens is 524 g/mol. The van der Waals surface area contributed by atoms with Crippen molar-refractivity contribution in [2.75, 3.05) is 38.7 Å². The molecule has 0 saturated carbocycles. The molecule has 39 heavy (non-hydrogen) atoms. The van der Waals surface area contributed by atoms with Gasteiger partial charge in [-0.25, -0.2) is 0 Å². The molecule has 2 aromatic carbocycles.